The van der Waals surface area contributed by atoms with Crippen LogP contribution in [0.25, 0.3) is 0 Å². The van der Waals surface area contributed by atoms with E-state index in [1.54, 1.807) is 18.3 Å². The highest BCUT2D eigenvalue weighted by Crippen LogP contribution is 2.32. The fraction of sp³-hybridized carbons (Fsp3) is 0. The molecular weight excluding hydrogens is 336 g/mol. The van der Waals surface area contributed by atoms with Gasteiger partial charge in [0.25, 0.3) is 0 Å². The number of hydrogen-bond acceptors (Lipinski definition) is 3. The van der Waals surface area contributed by atoms with Gasteiger partial charge >= 0.3 is 0 Å². The molecule has 0 spiro atoms. The number of benzene rings is 1. The zero-order valence-electron chi connectivity index (χ0n) is 8.15. The quantitative estimate of drug-likeness (QED) is 0.839. The summed E-state index contributed by atoms with van der Waals surface area (Å²) in [5.41, 5.74) is 6.38. The van der Waals surface area contributed by atoms with Gasteiger partial charge < -0.3 is 10.5 Å². The van der Waals surface area contributed by atoms with Crippen LogP contribution in [-0.2, 0) is 0 Å². The highest BCUT2D eigenvalue weighted by molar-refractivity contribution is 9.10. The maximum absolute atomic E-state index is 5.82. The van der Waals surface area contributed by atoms with E-state index in [4.69, 9.17) is 10.5 Å². The third-order valence-electron chi connectivity index (χ3n) is 1.90. The Bertz CT molecular complexity index is 517. The molecule has 0 saturated heterocycles. The average Bonchev–Trinajstić information content (AvgIpc) is 2.25. The van der Waals surface area contributed by atoms with E-state index in [9.17, 15) is 0 Å². The number of anilines is 1. The molecule has 2 N–H and O–H groups in total. The van der Waals surface area contributed by atoms with Crippen molar-refractivity contribution in [3.63, 3.8) is 0 Å². The van der Waals surface area contributed by atoms with Crippen LogP contribution >= 0.6 is 31.9 Å². The van der Waals surface area contributed by atoms with Gasteiger partial charge in [0.1, 0.15) is 0 Å². The molecule has 0 saturated carbocycles. The molecule has 2 rings (SSSR count). The first-order valence-corrected chi connectivity index (χ1v) is 6.09. The van der Waals surface area contributed by atoms with Crippen molar-refractivity contribution >= 4 is 37.5 Å². The van der Waals surface area contributed by atoms with Crippen LogP contribution in [0.15, 0.2) is 45.5 Å². The number of aromatic nitrogens is 1. The lowest BCUT2D eigenvalue weighted by molar-refractivity contribution is 0.462. The number of halogens is 2. The van der Waals surface area contributed by atoms with Crippen molar-refractivity contribution < 1.29 is 4.74 Å². The van der Waals surface area contributed by atoms with Gasteiger partial charge in [-0.2, -0.15) is 0 Å². The van der Waals surface area contributed by atoms with Crippen molar-refractivity contribution in [2.75, 3.05) is 5.73 Å². The molecule has 2 aromatic rings. The topological polar surface area (TPSA) is 48.1 Å². The van der Waals surface area contributed by atoms with E-state index in [1.807, 2.05) is 18.2 Å². The number of nitrogen functional groups attached to an aromatic ring is 1. The summed E-state index contributed by atoms with van der Waals surface area (Å²) in [6.45, 7) is 0. The van der Waals surface area contributed by atoms with Gasteiger partial charge in [0, 0.05) is 10.7 Å². The molecule has 0 unspecified atom stereocenters. The van der Waals surface area contributed by atoms with Gasteiger partial charge in [0.15, 0.2) is 5.75 Å². The second-order valence-corrected chi connectivity index (χ2v) is 4.84. The second-order valence-electron chi connectivity index (χ2n) is 3.07. The first-order valence-electron chi connectivity index (χ1n) is 4.50. The molecule has 1 aromatic carbocycles. The zero-order valence-corrected chi connectivity index (χ0v) is 11.3. The van der Waals surface area contributed by atoms with Crippen LogP contribution in [0.5, 0.6) is 11.6 Å². The Morgan fingerprint density at radius 3 is 2.69 bits per heavy atom. The van der Waals surface area contributed by atoms with Crippen LogP contribution in [0.4, 0.5) is 5.69 Å². The Kier molecular flexibility index (Phi) is 3.46. The zero-order chi connectivity index (χ0) is 11.5. The number of nitrogens with zero attached hydrogens (tertiary/aromatic N) is 1. The van der Waals surface area contributed by atoms with E-state index in [1.165, 1.54) is 0 Å². The first-order chi connectivity index (χ1) is 7.66. The van der Waals surface area contributed by atoms with Gasteiger partial charge in [-0.3, -0.25) is 0 Å². The minimum atomic E-state index is 0.497. The van der Waals surface area contributed by atoms with Crippen molar-refractivity contribution in [2.24, 2.45) is 0 Å². The van der Waals surface area contributed by atoms with Gasteiger partial charge in [-0.1, -0.05) is 15.9 Å². The molecule has 0 atom stereocenters. The Hall–Kier alpha value is -1.07. The summed E-state index contributed by atoms with van der Waals surface area (Å²) < 4.78 is 7.29. The molecule has 1 aromatic heterocycles. The largest absolute Gasteiger partial charge is 0.436 e. The standard InChI is InChI=1S/C11H8Br2N2O/c12-7-3-4-10(9(14)6-7)16-11-8(13)2-1-5-15-11/h1-6H,14H2. The Morgan fingerprint density at radius 2 is 2.00 bits per heavy atom. The Labute approximate surface area is 110 Å². The van der Waals surface area contributed by atoms with Crippen LogP contribution in [0, 0.1) is 0 Å². The van der Waals surface area contributed by atoms with Gasteiger partial charge in [-0.15, -0.1) is 0 Å². The minimum Gasteiger partial charge on any atom is -0.436 e. The molecule has 1 heterocycles. The normalized spacial score (nSPS) is 10.1. The lowest BCUT2D eigenvalue weighted by Crippen LogP contribution is -1.93. The second kappa shape index (κ2) is 4.84. The van der Waals surface area contributed by atoms with E-state index >= 15 is 0 Å². The maximum Gasteiger partial charge on any atom is 0.233 e. The molecule has 82 valence electrons. The summed E-state index contributed by atoms with van der Waals surface area (Å²) in [6, 6.07) is 9.12. The number of rotatable bonds is 2. The summed E-state index contributed by atoms with van der Waals surface area (Å²) >= 11 is 6.69. The molecule has 0 aliphatic heterocycles. The third-order valence-corrected chi connectivity index (χ3v) is 3.00. The molecule has 0 fully saturated rings. The summed E-state index contributed by atoms with van der Waals surface area (Å²) in [4.78, 5) is 4.10. The monoisotopic (exact) mass is 342 g/mol. The Balaban J connectivity index is 2.31. The number of nitrogens with two attached hydrogens (primary N) is 1. The molecule has 0 aliphatic carbocycles. The van der Waals surface area contributed by atoms with Crippen molar-refractivity contribution in [1.29, 1.82) is 0 Å². The van der Waals surface area contributed by atoms with Gasteiger partial charge in [0.2, 0.25) is 5.88 Å². The van der Waals surface area contributed by atoms with Crippen LogP contribution in [0.3, 0.4) is 0 Å². The van der Waals surface area contributed by atoms with E-state index in [0.717, 1.165) is 8.95 Å². The van der Waals surface area contributed by atoms with Crippen molar-refractivity contribution in [2.45, 2.75) is 0 Å². The number of ether oxygens (including phenoxy) is 1. The lowest BCUT2D eigenvalue weighted by atomic mass is 10.3. The molecule has 0 radical (unpaired) electrons. The molecule has 0 aliphatic rings. The van der Waals surface area contributed by atoms with E-state index < -0.39 is 0 Å². The molecule has 3 nitrogen and oxygen atoms in total. The summed E-state index contributed by atoms with van der Waals surface area (Å²) in [7, 11) is 0. The molecule has 0 bridgehead atoms. The third kappa shape index (κ3) is 2.54. The number of hydrogen-bond donors (Lipinski definition) is 1. The van der Waals surface area contributed by atoms with Gasteiger partial charge in [-0.05, 0) is 46.3 Å². The van der Waals surface area contributed by atoms with Crippen molar-refractivity contribution in [3.8, 4) is 11.6 Å². The van der Waals surface area contributed by atoms with Crippen LogP contribution in [0.2, 0.25) is 0 Å². The van der Waals surface area contributed by atoms with Crippen molar-refractivity contribution in [3.05, 3.63) is 45.5 Å². The van der Waals surface area contributed by atoms with E-state index in [-0.39, 0.29) is 0 Å². The summed E-state index contributed by atoms with van der Waals surface area (Å²) in [6.07, 6.45) is 1.66. The first kappa shape index (κ1) is 11.4. The highest BCUT2D eigenvalue weighted by Gasteiger charge is 2.06. The minimum absolute atomic E-state index is 0.497. The molecule has 5 heteroatoms. The fourth-order valence-electron chi connectivity index (χ4n) is 1.16. The van der Waals surface area contributed by atoms with E-state index in [0.29, 0.717) is 17.3 Å². The SMILES string of the molecule is Nc1cc(Br)ccc1Oc1ncccc1Br. The lowest BCUT2D eigenvalue weighted by Gasteiger charge is -2.08. The Morgan fingerprint density at radius 1 is 1.19 bits per heavy atom. The van der Waals surface area contributed by atoms with E-state index in [2.05, 4.69) is 36.8 Å². The van der Waals surface area contributed by atoms with Gasteiger partial charge in [-0.25, -0.2) is 4.98 Å². The van der Waals surface area contributed by atoms with Crippen LogP contribution < -0.4 is 10.5 Å². The molecule has 0 amide bonds. The van der Waals surface area contributed by atoms with Crippen LogP contribution in [0.1, 0.15) is 0 Å². The maximum atomic E-state index is 5.82. The molecular formula is C11H8Br2N2O. The predicted molar refractivity (Wildman–Crippen MR) is 70.6 cm³/mol. The van der Waals surface area contributed by atoms with Crippen LogP contribution in [-0.4, -0.2) is 4.98 Å². The predicted octanol–water partition coefficient (Wildman–Crippen LogP) is 3.98. The highest BCUT2D eigenvalue weighted by atomic mass is 79.9. The summed E-state index contributed by atoms with van der Waals surface area (Å²) in [5, 5.41) is 0. The van der Waals surface area contributed by atoms with Gasteiger partial charge in [0.05, 0.1) is 10.2 Å². The number of pyridine rings is 1. The van der Waals surface area contributed by atoms with Crippen molar-refractivity contribution in [1.82, 2.24) is 4.98 Å². The summed E-state index contributed by atoms with van der Waals surface area (Å²) in [5.74, 6) is 1.08. The smallest absolute Gasteiger partial charge is 0.233 e. The fourth-order valence-corrected chi connectivity index (χ4v) is 1.88. The molecule has 16 heavy (non-hydrogen) atoms. The average molecular weight is 344 g/mol.